The molecule has 0 saturated carbocycles. The Balaban J connectivity index is 2.04. The summed E-state index contributed by atoms with van der Waals surface area (Å²) in [6.45, 7) is 1.18. The van der Waals surface area contributed by atoms with E-state index in [1.807, 2.05) is 12.1 Å². The maximum Gasteiger partial charge on any atom is 0.124 e. The Morgan fingerprint density at radius 3 is 3.00 bits per heavy atom. The number of benzene rings is 1. The van der Waals surface area contributed by atoms with Gasteiger partial charge in [-0.1, -0.05) is 12.1 Å². The van der Waals surface area contributed by atoms with Gasteiger partial charge in [0.25, 0.3) is 0 Å². The summed E-state index contributed by atoms with van der Waals surface area (Å²) in [4.78, 5) is 10.4. The summed E-state index contributed by atoms with van der Waals surface area (Å²) >= 11 is 0. The largest absolute Gasteiger partial charge is 0.341 e. The van der Waals surface area contributed by atoms with E-state index in [0.717, 1.165) is 16.9 Å². The Morgan fingerprint density at radius 2 is 2.27 bits per heavy atom. The maximum atomic E-state index is 4.65. The number of aromatic nitrogens is 2. The lowest BCUT2D eigenvalue weighted by atomic mass is 10.2. The van der Waals surface area contributed by atoms with E-state index in [-0.39, 0.29) is 0 Å². The van der Waals surface area contributed by atoms with Crippen LogP contribution in [0.1, 0.15) is 24.7 Å². The van der Waals surface area contributed by atoms with Crippen molar-refractivity contribution in [2.75, 3.05) is 13.6 Å². The van der Waals surface area contributed by atoms with Crippen LogP contribution in [0.4, 0.5) is 0 Å². The Bertz CT molecular complexity index is 441. The van der Waals surface area contributed by atoms with E-state index in [4.69, 9.17) is 0 Å². The van der Waals surface area contributed by atoms with Gasteiger partial charge in [-0.05, 0) is 38.6 Å². The van der Waals surface area contributed by atoms with Crippen LogP contribution in [0.3, 0.4) is 0 Å². The van der Waals surface area contributed by atoms with Crippen molar-refractivity contribution in [3.63, 3.8) is 0 Å². The predicted molar refractivity (Wildman–Crippen MR) is 60.7 cm³/mol. The van der Waals surface area contributed by atoms with E-state index in [0.29, 0.717) is 6.04 Å². The van der Waals surface area contributed by atoms with Gasteiger partial charge in [-0.15, -0.1) is 0 Å². The van der Waals surface area contributed by atoms with Gasteiger partial charge in [-0.3, -0.25) is 4.90 Å². The quantitative estimate of drug-likeness (QED) is 0.768. The first-order valence-corrected chi connectivity index (χ1v) is 5.49. The average Bonchev–Trinajstić information content (AvgIpc) is 2.82. The van der Waals surface area contributed by atoms with Gasteiger partial charge in [-0.25, -0.2) is 4.98 Å². The summed E-state index contributed by atoms with van der Waals surface area (Å²) in [5.74, 6) is 1.12. The van der Waals surface area contributed by atoms with Crippen LogP contribution in [0.2, 0.25) is 0 Å². The third-order valence-corrected chi connectivity index (χ3v) is 3.24. The summed E-state index contributed by atoms with van der Waals surface area (Å²) in [5, 5.41) is 0. The molecule has 1 atom stereocenters. The molecule has 3 nitrogen and oxygen atoms in total. The minimum Gasteiger partial charge on any atom is -0.341 e. The van der Waals surface area contributed by atoms with Crippen LogP contribution >= 0.6 is 0 Å². The van der Waals surface area contributed by atoms with E-state index < -0.39 is 0 Å². The molecule has 0 bridgehead atoms. The number of hydrogen-bond donors (Lipinski definition) is 1. The van der Waals surface area contributed by atoms with Crippen molar-refractivity contribution < 1.29 is 0 Å². The zero-order valence-corrected chi connectivity index (χ0v) is 8.90. The van der Waals surface area contributed by atoms with Gasteiger partial charge in [-0.2, -0.15) is 0 Å². The van der Waals surface area contributed by atoms with Crippen molar-refractivity contribution in [1.82, 2.24) is 14.9 Å². The number of H-pyrrole nitrogens is 1. The molecule has 3 rings (SSSR count). The molecular weight excluding hydrogens is 186 g/mol. The number of rotatable bonds is 1. The molecule has 1 fully saturated rings. The number of likely N-dealkylation sites (tertiary alicyclic amines) is 1. The Morgan fingerprint density at radius 1 is 1.40 bits per heavy atom. The third kappa shape index (κ3) is 1.43. The highest BCUT2D eigenvalue weighted by molar-refractivity contribution is 5.74. The normalized spacial score (nSPS) is 22.6. The molecule has 15 heavy (non-hydrogen) atoms. The van der Waals surface area contributed by atoms with Crippen LogP contribution < -0.4 is 0 Å². The highest BCUT2D eigenvalue weighted by atomic mass is 15.2. The summed E-state index contributed by atoms with van der Waals surface area (Å²) in [5.41, 5.74) is 2.22. The lowest BCUT2D eigenvalue weighted by Crippen LogP contribution is -2.18. The molecule has 78 valence electrons. The predicted octanol–water partition coefficient (Wildman–Crippen LogP) is 2.33. The number of aromatic amines is 1. The van der Waals surface area contributed by atoms with E-state index >= 15 is 0 Å². The SMILES string of the molecule is CN1CCC[C@@H]1c1nc2ccccc2[nH]1. The van der Waals surface area contributed by atoms with E-state index in [2.05, 4.69) is 34.0 Å². The molecule has 1 aliphatic rings. The number of fused-ring (bicyclic) bond motifs is 1. The fraction of sp³-hybridized carbons (Fsp3) is 0.417. The van der Waals surface area contributed by atoms with E-state index in [9.17, 15) is 0 Å². The van der Waals surface area contributed by atoms with Crippen LogP contribution in [0.5, 0.6) is 0 Å². The minimum absolute atomic E-state index is 0.484. The molecule has 2 heterocycles. The molecule has 1 aromatic carbocycles. The molecule has 1 aliphatic heterocycles. The third-order valence-electron chi connectivity index (χ3n) is 3.24. The van der Waals surface area contributed by atoms with Crippen LogP contribution in [0.15, 0.2) is 24.3 Å². The van der Waals surface area contributed by atoms with Crippen LogP contribution in [0.25, 0.3) is 11.0 Å². The molecule has 2 aromatic rings. The minimum atomic E-state index is 0.484. The lowest BCUT2D eigenvalue weighted by Gasteiger charge is -2.16. The molecule has 0 spiro atoms. The first-order valence-electron chi connectivity index (χ1n) is 5.49. The van der Waals surface area contributed by atoms with Crippen LogP contribution in [-0.2, 0) is 0 Å². The molecular formula is C12H15N3. The van der Waals surface area contributed by atoms with Crippen LogP contribution in [-0.4, -0.2) is 28.5 Å². The molecule has 1 N–H and O–H groups in total. The van der Waals surface area contributed by atoms with Gasteiger partial charge >= 0.3 is 0 Å². The highest BCUT2D eigenvalue weighted by Crippen LogP contribution is 2.29. The van der Waals surface area contributed by atoms with Gasteiger partial charge in [0.05, 0.1) is 17.1 Å². The monoisotopic (exact) mass is 201 g/mol. The molecule has 0 amide bonds. The smallest absolute Gasteiger partial charge is 0.124 e. The van der Waals surface area contributed by atoms with Gasteiger partial charge in [0.15, 0.2) is 0 Å². The van der Waals surface area contributed by atoms with Crippen molar-refractivity contribution in [3.8, 4) is 0 Å². The Kier molecular flexibility index (Phi) is 1.99. The van der Waals surface area contributed by atoms with Gasteiger partial charge in [0.2, 0.25) is 0 Å². The second-order valence-electron chi connectivity index (χ2n) is 4.28. The molecule has 3 heteroatoms. The number of nitrogens with zero attached hydrogens (tertiary/aromatic N) is 2. The van der Waals surface area contributed by atoms with Crippen LogP contribution in [0, 0.1) is 0 Å². The maximum absolute atomic E-state index is 4.65. The van der Waals surface area contributed by atoms with Crippen molar-refractivity contribution in [2.24, 2.45) is 0 Å². The Hall–Kier alpha value is -1.35. The van der Waals surface area contributed by atoms with Gasteiger partial charge < -0.3 is 4.98 Å². The second kappa shape index (κ2) is 3.35. The number of imidazole rings is 1. The fourth-order valence-electron chi connectivity index (χ4n) is 2.39. The molecule has 0 aliphatic carbocycles. The number of para-hydroxylation sites is 2. The zero-order valence-electron chi connectivity index (χ0n) is 8.90. The second-order valence-corrected chi connectivity index (χ2v) is 4.28. The summed E-state index contributed by atoms with van der Waals surface area (Å²) in [7, 11) is 2.17. The fourth-order valence-corrected chi connectivity index (χ4v) is 2.39. The number of hydrogen-bond acceptors (Lipinski definition) is 2. The molecule has 0 unspecified atom stereocenters. The Labute approximate surface area is 89.1 Å². The standard InChI is InChI=1S/C12H15N3/c1-15-8-4-7-11(15)12-13-9-5-2-3-6-10(9)14-12/h2-3,5-6,11H,4,7-8H2,1H3,(H,13,14)/t11-/m1/s1. The summed E-state index contributed by atoms with van der Waals surface area (Å²) < 4.78 is 0. The van der Waals surface area contributed by atoms with Crippen molar-refractivity contribution in [2.45, 2.75) is 18.9 Å². The zero-order chi connectivity index (χ0) is 10.3. The molecule has 1 saturated heterocycles. The van der Waals surface area contributed by atoms with E-state index in [1.165, 1.54) is 19.4 Å². The molecule has 1 aromatic heterocycles. The summed E-state index contributed by atoms with van der Waals surface area (Å²) in [6.07, 6.45) is 2.49. The summed E-state index contributed by atoms with van der Waals surface area (Å²) in [6, 6.07) is 8.70. The molecule has 0 radical (unpaired) electrons. The van der Waals surface area contributed by atoms with Gasteiger partial charge in [0.1, 0.15) is 5.82 Å². The average molecular weight is 201 g/mol. The van der Waals surface area contributed by atoms with Crippen molar-refractivity contribution in [1.29, 1.82) is 0 Å². The van der Waals surface area contributed by atoms with E-state index in [1.54, 1.807) is 0 Å². The number of nitrogens with one attached hydrogen (secondary N) is 1. The topological polar surface area (TPSA) is 31.9 Å². The van der Waals surface area contributed by atoms with Crippen molar-refractivity contribution in [3.05, 3.63) is 30.1 Å². The first-order chi connectivity index (χ1) is 7.34. The van der Waals surface area contributed by atoms with Crippen molar-refractivity contribution >= 4 is 11.0 Å². The highest BCUT2D eigenvalue weighted by Gasteiger charge is 2.24. The lowest BCUT2D eigenvalue weighted by molar-refractivity contribution is 0.307. The van der Waals surface area contributed by atoms with Gasteiger partial charge in [0, 0.05) is 0 Å². The first kappa shape index (κ1) is 8.92.